The van der Waals surface area contributed by atoms with Crippen LogP contribution < -0.4 is 5.43 Å². The van der Waals surface area contributed by atoms with Crippen LogP contribution >= 0.6 is 23.2 Å². The largest absolute Gasteiger partial charge is 0.285 e. The molecule has 0 atom stereocenters. The molecule has 0 radical (unpaired) electrons. The molecule has 0 unspecified atom stereocenters. The van der Waals surface area contributed by atoms with Gasteiger partial charge < -0.3 is 0 Å². The zero-order valence-electron chi connectivity index (χ0n) is 12.5. The zero-order chi connectivity index (χ0) is 16.8. The van der Waals surface area contributed by atoms with E-state index in [1.165, 1.54) is 0 Å². The maximum absolute atomic E-state index is 12.9. The molecular formula is C17H10Cl2N4O. The van der Waals surface area contributed by atoms with Crippen molar-refractivity contribution in [2.75, 3.05) is 0 Å². The first-order valence-corrected chi connectivity index (χ1v) is 7.89. The summed E-state index contributed by atoms with van der Waals surface area (Å²) in [5.41, 5.74) is 2.61. The molecule has 2 heterocycles. The van der Waals surface area contributed by atoms with E-state index in [4.69, 9.17) is 23.2 Å². The van der Waals surface area contributed by atoms with Crippen LogP contribution in [-0.4, -0.2) is 19.7 Å². The lowest BCUT2D eigenvalue weighted by molar-refractivity contribution is 0.766. The van der Waals surface area contributed by atoms with E-state index in [1.807, 2.05) is 0 Å². The highest BCUT2D eigenvalue weighted by Crippen LogP contribution is 2.21. The zero-order valence-corrected chi connectivity index (χ0v) is 14.0. The van der Waals surface area contributed by atoms with Gasteiger partial charge in [0.05, 0.1) is 11.0 Å². The molecule has 0 bridgehead atoms. The lowest BCUT2D eigenvalue weighted by atomic mass is 10.1. The predicted molar refractivity (Wildman–Crippen MR) is 95.5 cm³/mol. The van der Waals surface area contributed by atoms with Crippen LogP contribution in [0.3, 0.4) is 0 Å². The third-order valence-electron chi connectivity index (χ3n) is 3.71. The van der Waals surface area contributed by atoms with Gasteiger partial charge in [0.2, 0.25) is 5.43 Å². The fraction of sp³-hybridized carbons (Fsp3) is 0.0588. The van der Waals surface area contributed by atoms with Crippen LogP contribution in [0.4, 0.5) is 0 Å². The Morgan fingerprint density at radius 1 is 0.917 bits per heavy atom. The van der Waals surface area contributed by atoms with Crippen molar-refractivity contribution in [3.8, 4) is 11.3 Å². The fourth-order valence-electron chi connectivity index (χ4n) is 2.55. The van der Waals surface area contributed by atoms with Gasteiger partial charge in [-0.15, -0.1) is 0 Å². The van der Waals surface area contributed by atoms with Gasteiger partial charge in [0.1, 0.15) is 5.69 Å². The molecule has 0 amide bonds. The molecule has 0 aliphatic heterocycles. The molecule has 24 heavy (non-hydrogen) atoms. The second-order valence-electron chi connectivity index (χ2n) is 5.34. The second kappa shape index (κ2) is 5.54. The minimum atomic E-state index is -0.278. The van der Waals surface area contributed by atoms with Crippen molar-refractivity contribution < 1.29 is 0 Å². The van der Waals surface area contributed by atoms with Crippen molar-refractivity contribution in [3.63, 3.8) is 0 Å². The number of hydrogen-bond acceptors (Lipinski definition) is 4. The highest BCUT2D eigenvalue weighted by atomic mass is 35.5. The monoisotopic (exact) mass is 356 g/mol. The maximum atomic E-state index is 12.9. The summed E-state index contributed by atoms with van der Waals surface area (Å²) in [4.78, 5) is 21.8. The number of aromatic nitrogens is 4. The smallest absolute Gasteiger partial charge is 0.235 e. The van der Waals surface area contributed by atoms with Gasteiger partial charge in [-0.25, -0.2) is 14.6 Å². The molecule has 0 N–H and O–H groups in total. The summed E-state index contributed by atoms with van der Waals surface area (Å²) >= 11 is 11.9. The van der Waals surface area contributed by atoms with E-state index >= 15 is 0 Å². The quantitative estimate of drug-likeness (QED) is 0.486. The minimum Gasteiger partial charge on any atom is -0.285 e. The van der Waals surface area contributed by atoms with Crippen LogP contribution in [0, 0.1) is 0 Å². The molecule has 0 aliphatic rings. The van der Waals surface area contributed by atoms with Gasteiger partial charge in [-0.1, -0.05) is 35.3 Å². The average Bonchev–Trinajstić information content (AvgIpc) is 2.57. The summed E-state index contributed by atoms with van der Waals surface area (Å²) in [6, 6.07) is 12.1. The third kappa shape index (κ3) is 2.42. The van der Waals surface area contributed by atoms with Gasteiger partial charge in [-0.2, -0.15) is 5.10 Å². The molecule has 0 spiro atoms. The lowest BCUT2D eigenvalue weighted by Gasteiger charge is -2.08. The number of halogens is 2. The van der Waals surface area contributed by atoms with Gasteiger partial charge in [0.15, 0.2) is 11.2 Å². The van der Waals surface area contributed by atoms with Gasteiger partial charge in [0.25, 0.3) is 0 Å². The molecule has 2 aromatic heterocycles. The van der Waals surface area contributed by atoms with Crippen molar-refractivity contribution in [1.82, 2.24) is 19.7 Å². The summed E-state index contributed by atoms with van der Waals surface area (Å²) in [5, 5.41) is 5.49. The number of aryl methyl sites for hydroxylation is 1. The van der Waals surface area contributed by atoms with E-state index in [2.05, 4.69) is 15.1 Å². The Hall–Kier alpha value is -2.50. The van der Waals surface area contributed by atoms with Gasteiger partial charge in [-0.3, -0.25) is 4.79 Å². The first-order chi connectivity index (χ1) is 11.5. The predicted octanol–water partition coefficient (Wildman–Crippen LogP) is 3.85. The average molecular weight is 357 g/mol. The topological polar surface area (TPSA) is 60.7 Å². The molecule has 4 aromatic rings. The summed E-state index contributed by atoms with van der Waals surface area (Å²) in [6.07, 6.45) is 0. The van der Waals surface area contributed by atoms with E-state index in [1.54, 1.807) is 54.2 Å². The fourth-order valence-corrected chi connectivity index (χ4v) is 2.84. The number of nitrogens with zero attached hydrogens (tertiary/aromatic N) is 4. The number of fused-ring (bicyclic) bond motifs is 2. The van der Waals surface area contributed by atoms with Crippen molar-refractivity contribution in [3.05, 3.63) is 62.7 Å². The van der Waals surface area contributed by atoms with Gasteiger partial charge >= 0.3 is 0 Å². The maximum Gasteiger partial charge on any atom is 0.235 e. The van der Waals surface area contributed by atoms with Crippen molar-refractivity contribution in [2.24, 2.45) is 7.05 Å². The van der Waals surface area contributed by atoms with Crippen LogP contribution in [0.2, 0.25) is 10.0 Å². The van der Waals surface area contributed by atoms with Crippen LogP contribution in [0.1, 0.15) is 0 Å². The summed E-state index contributed by atoms with van der Waals surface area (Å²) in [7, 11) is 1.73. The van der Waals surface area contributed by atoms with Crippen LogP contribution in [0.15, 0.2) is 47.3 Å². The molecule has 7 heteroatoms. The van der Waals surface area contributed by atoms with Crippen LogP contribution in [0.25, 0.3) is 33.5 Å². The Morgan fingerprint density at radius 2 is 1.62 bits per heavy atom. The number of rotatable bonds is 1. The van der Waals surface area contributed by atoms with E-state index in [0.717, 1.165) is 0 Å². The van der Waals surface area contributed by atoms with Gasteiger partial charge in [0, 0.05) is 22.7 Å². The molecule has 0 saturated heterocycles. The Labute approximate surface area is 146 Å². The molecule has 5 nitrogen and oxygen atoms in total. The van der Waals surface area contributed by atoms with Gasteiger partial charge in [-0.05, 0) is 30.3 Å². The highest BCUT2D eigenvalue weighted by molar-refractivity contribution is 6.31. The normalized spacial score (nSPS) is 11.3. The van der Waals surface area contributed by atoms with E-state index in [0.29, 0.717) is 38.0 Å². The standard InChI is InChI=1S/C17H10Cl2N4O/c1-23-17-15(20-13-8-11(19)6-7-12(13)21-17)16(24)14(22-23)9-2-4-10(18)5-3-9/h2-8H,1H3. The van der Waals surface area contributed by atoms with Crippen molar-refractivity contribution in [1.29, 1.82) is 0 Å². The molecule has 4 rings (SSSR count). The first-order valence-electron chi connectivity index (χ1n) is 7.13. The second-order valence-corrected chi connectivity index (χ2v) is 6.21. The molecule has 0 fully saturated rings. The molecule has 118 valence electrons. The number of hydrogen-bond donors (Lipinski definition) is 0. The van der Waals surface area contributed by atoms with Crippen molar-refractivity contribution >= 4 is 45.4 Å². The van der Waals surface area contributed by atoms with Crippen molar-refractivity contribution in [2.45, 2.75) is 0 Å². The molecular weight excluding hydrogens is 347 g/mol. The number of benzene rings is 2. The molecule has 0 aliphatic carbocycles. The summed E-state index contributed by atoms with van der Waals surface area (Å²) in [6.45, 7) is 0. The van der Waals surface area contributed by atoms with E-state index in [9.17, 15) is 4.79 Å². The molecule has 0 saturated carbocycles. The molecule has 2 aromatic carbocycles. The Bertz CT molecular complexity index is 1150. The third-order valence-corrected chi connectivity index (χ3v) is 4.20. The SMILES string of the molecule is Cn1nc(-c2ccc(Cl)cc2)c(=O)c2nc3cc(Cl)ccc3nc21. The minimum absolute atomic E-state index is 0.257. The summed E-state index contributed by atoms with van der Waals surface area (Å²) in [5.74, 6) is 0. The Morgan fingerprint density at radius 3 is 2.38 bits per heavy atom. The van der Waals surface area contributed by atoms with E-state index < -0.39 is 0 Å². The first kappa shape index (κ1) is 15.1. The van der Waals surface area contributed by atoms with E-state index in [-0.39, 0.29) is 10.9 Å². The lowest BCUT2D eigenvalue weighted by Crippen LogP contribution is -2.16. The Kier molecular flexibility index (Phi) is 3.48. The Balaban J connectivity index is 2.07. The summed E-state index contributed by atoms with van der Waals surface area (Å²) < 4.78 is 1.56. The van der Waals surface area contributed by atoms with Crippen LogP contribution in [-0.2, 0) is 7.05 Å². The highest BCUT2D eigenvalue weighted by Gasteiger charge is 2.14. The van der Waals surface area contributed by atoms with Crippen LogP contribution in [0.5, 0.6) is 0 Å².